The van der Waals surface area contributed by atoms with Gasteiger partial charge in [0.2, 0.25) is 0 Å². The number of hydrogen-bond acceptors (Lipinski definition) is 6. The second-order valence-electron chi connectivity index (χ2n) is 4.54. The molecule has 2 aromatic rings. The van der Waals surface area contributed by atoms with Gasteiger partial charge in [0.05, 0.1) is 24.2 Å². The van der Waals surface area contributed by atoms with Crippen molar-refractivity contribution in [3.05, 3.63) is 12.5 Å². The summed E-state index contributed by atoms with van der Waals surface area (Å²) in [6.45, 7) is 1.58. The molecule has 96 valence electrons. The second kappa shape index (κ2) is 4.51. The zero-order chi connectivity index (χ0) is 12.5. The number of nitrogen functional groups attached to an aromatic ring is 1. The summed E-state index contributed by atoms with van der Waals surface area (Å²) in [5, 5.41) is 8.61. The van der Waals surface area contributed by atoms with Gasteiger partial charge in [-0.3, -0.25) is 0 Å². The molecule has 7 nitrogen and oxygen atoms in total. The molecule has 1 aliphatic heterocycles. The van der Waals surface area contributed by atoms with E-state index in [2.05, 4.69) is 20.4 Å². The number of nitrogens with zero attached hydrogens (tertiary/aromatic N) is 4. The van der Waals surface area contributed by atoms with Gasteiger partial charge >= 0.3 is 0 Å². The van der Waals surface area contributed by atoms with Crippen LogP contribution >= 0.6 is 0 Å². The van der Waals surface area contributed by atoms with E-state index in [9.17, 15) is 0 Å². The number of hydrogen-bond donors (Lipinski definition) is 2. The Labute approximate surface area is 104 Å². The number of ether oxygens (including phenoxy) is 1. The Morgan fingerprint density at radius 3 is 3.28 bits per heavy atom. The Morgan fingerprint density at radius 2 is 2.44 bits per heavy atom. The van der Waals surface area contributed by atoms with Crippen molar-refractivity contribution in [2.75, 3.05) is 26.0 Å². The zero-order valence-electron chi connectivity index (χ0n) is 10.2. The van der Waals surface area contributed by atoms with Gasteiger partial charge in [-0.15, -0.1) is 0 Å². The van der Waals surface area contributed by atoms with Gasteiger partial charge in [-0.1, -0.05) is 0 Å². The van der Waals surface area contributed by atoms with Gasteiger partial charge in [-0.05, 0) is 6.42 Å². The molecule has 0 amide bonds. The lowest BCUT2D eigenvalue weighted by molar-refractivity contribution is 0.172. The smallest absolute Gasteiger partial charge is 0.163 e. The van der Waals surface area contributed by atoms with Crippen molar-refractivity contribution < 1.29 is 4.74 Å². The Hall–Kier alpha value is -1.73. The fourth-order valence-corrected chi connectivity index (χ4v) is 2.46. The minimum absolute atomic E-state index is 0.289. The van der Waals surface area contributed by atoms with Crippen molar-refractivity contribution in [2.24, 2.45) is 0 Å². The van der Waals surface area contributed by atoms with Gasteiger partial charge in [-0.25, -0.2) is 14.6 Å². The highest BCUT2D eigenvalue weighted by Gasteiger charge is 2.27. The molecule has 0 unspecified atom stereocenters. The predicted octanol–water partition coefficient (Wildman–Crippen LogP) is -0.0421. The van der Waals surface area contributed by atoms with Gasteiger partial charge in [0.25, 0.3) is 0 Å². The van der Waals surface area contributed by atoms with Crippen LogP contribution in [0.1, 0.15) is 12.5 Å². The molecule has 0 radical (unpaired) electrons. The first-order valence-corrected chi connectivity index (χ1v) is 5.95. The van der Waals surface area contributed by atoms with E-state index in [1.54, 1.807) is 13.3 Å². The molecule has 2 aromatic heterocycles. The van der Waals surface area contributed by atoms with Crippen molar-refractivity contribution >= 4 is 16.9 Å². The average molecular weight is 248 g/mol. The van der Waals surface area contributed by atoms with E-state index in [-0.39, 0.29) is 6.04 Å². The lowest BCUT2D eigenvalue weighted by Gasteiger charge is -2.11. The van der Waals surface area contributed by atoms with E-state index < -0.39 is 0 Å². The molecule has 0 spiro atoms. The molecule has 1 fully saturated rings. The fraction of sp³-hybridized carbons (Fsp3) is 0.545. The molecule has 7 heteroatoms. The summed E-state index contributed by atoms with van der Waals surface area (Å²) in [6.07, 6.45) is 4.19. The Morgan fingerprint density at radius 1 is 1.56 bits per heavy atom. The van der Waals surface area contributed by atoms with Crippen molar-refractivity contribution in [1.29, 1.82) is 0 Å². The van der Waals surface area contributed by atoms with Gasteiger partial charge in [0.15, 0.2) is 5.65 Å². The number of nitrogens with one attached hydrogen (secondary N) is 1. The maximum absolute atomic E-state index is 5.80. The van der Waals surface area contributed by atoms with E-state index in [0.29, 0.717) is 18.5 Å². The quantitative estimate of drug-likeness (QED) is 0.792. The monoisotopic (exact) mass is 248 g/mol. The molecule has 3 heterocycles. The molecular formula is C11H16N6O. The van der Waals surface area contributed by atoms with Gasteiger partial charge in [-0.2, -0.15) is 5.10 Å². The van der Waals surface area contributed by atoms with E-state index in [4.69, 9.17) is 10.5 Å². The summed E-state index contributed by atoms with van der Waals surface area (Å²) >= 11 is 0. The van der Waals surface area contributed by atoms with Crippen LogP contribution in [0, 0.1) is 0 Å². The molecule has 3 rings (SSSR count). The second-order valence-corrected chi connectivity index (χ2v) is 4.54. The molecule has 0 saturated carbocycles. The standard InChI is InChI=1S/C11H16N6O/c1-18-5-7-2-8(3-13-7)17-11-9(4-16-17)10(12)14-6-15-11/h4,6-8,13H,2-3,5H2,1H3,(H2,12,14,15)/t7-,8+/m1/s1. The number of anilines is 1. The van der Waals surface area contributed by atoms with E-state index >= 15 is 0 Å². The lowest BCUT2D eigenvalue weighted by Crippen LogP contribution is -2.25. The van der Waals surface area contributed by atoms with E-state index in [1.807, 2.05) is 4.68 Å². The first-order valence-electron chi connectivity index (χ1n) is 5.95. The molecule has 3 N–H and O–H groups in total. The van der Waals surface area contributed by atoms with Crippen LogP contribution < -0.4 is 11.1 Å². The maximum atomic E-state index is 5.80. The third-order valence-corrected chi connectivity index (χ3v) is 3.33. The largest absolute Gasteiger partial charge is 0.383 e. The zero-order valence-corrected chi connectivity index (χ0v) is 10.2. The number of nitrogens with two attached hydrogens (primary N) is 1. The van der Waals surface area contributed by atoms with Crippen molar-refractivity contribution in [2.45, 2.75) is 18.5 Å². The highest BCUT2D eigenvalue weighted by Crippen LogP contribution is 2.24. The number of methoxy groups -OCH3 is 1. The molecule has 0 aromatic carbocycles. The molecule has 1 saturated heterocycles. The summed E-state index contributed by atoms with van der Waals surface area (Å²) in [5.74, 6) is 0.477. The molecule has 0 aliphatic carbocycles. The Balaban J connectivity index is 1.89. The molecular weight excluding hydrogens is 232 g/mol. The van der Waals surface area contributed by atoms with E-state index in [0.717, 1.165) is 24.0 Å². The van der Waals surface area contributed by atoms with Crippen LogP contribution in [-0.2, 0) is 4.74 Å². The Bertz CT molecular complexity index is 553. The summed E-state index contributed by atoms with van der Waals surface area (Å²) in [5.41, 5.74) is 6.60. The topological polar surface area (TPSA) is 90.9 Å². The molecule has 0 bridgehead atoms. The number of fused-ring (bicyclic) bond motifs is 1. The maximum Gasteiger partial charge on any atom is 0.163 e. The van der Waals surface area contributed by atoms with Gasteiger partial charge in [0.1, 0.15) is 12.1 Å². The minimum atomic E-state index is 0.289. The Kier molecular flexibility index (Phi) is 2.85. The van der Waals surface area contributed by atoms with Crippen LogP contribution in [0.15, 0.2) is 12.5 Å². The van der Waals surface area contributed by atoms with Crippen LogP contribution in [0.25, 0.3) is 11.0 Å². The van der Waals surface area contributed by atoms with Crippen molar-refractivity contribution in [3.63, 3.8) is 0 Å². The SMILES string of the molecule is COC[C@H]1C[C@H](n2ncc3c(N)ncnc32)CN1. The van der Waals surface area contributed by atoms with E-state index in [1.165, 1.54) is 6.33 Å². The predicted molar refractivity (Wildman–Crippen MR) is 67.1 cm³/mol. The van der Waals surface area contributed by atoms with Crippen LogP contribution in [0.3, 0.4) is 0 Å². The highest BCUT2D eigenvalue weighted by molar-refractivity contribution is 5.84. The number of aromatic nitrogens is 4. The normalized spacial score (nSPS) is 23.8. The van der Waals surface area contributed by atoms with Crippen LogP contribution in [0.5, 0.6) is 0 Å². The first-order chi connectivity index (χ1) is 8.79. The third kappa shape index (κ3) is 1.81. The summed E-state index contributed by atoms with van der Waals surface area (Å²) < 4.78 is 7.09. The first kappa shape index (κ1) is 11.4. The summed E-state index contributed by atoms with van der Waals surface area (Å²) in [6, 6.07) is 0.662. The lowest BCUT2D eigenvalue weighted by atomic mass is 10.2. The minimum Gasteiger partial charge on any atom is -0.383 e. The third-order valence-electron chi connectivity index (χ3n) is 3.33. The van der Waals surface area contributed by atoms with Crippen molar-refractivity contribution in [1.82, 2.24) is 25.1 Å². The van der Waals surface area contributed by atoms with Gasteiger partial charge in [0, 0.05) is 19.7 Å². The molecule has 18 heavy (non-hydrogen) atoms. The van der Waals surface area contributed by atoms with Crippen molar-refractivity contribution in [3.8, 4) is 0 Å². The van der Waals surface area contributed by atoms with Gasteiger partial charge < -0.3 is 15.8 Å². The summed E-state index contributed by atoms with van der Waals surface area (Å²) in [7, 11) is 1.71. The number of rotatable bonds is 3. The van der Waals surface area contributed by atoms with Crippen LogP contribution in [-0.4, -0.2) is 46.1 Å². The van der Waals surface area contributed by atoms with Crippen LogP contribution in [0.4, 0.5) is 5.82 Å². The average Bonchev–Trinajstić information content (AvgIpc) is 2.96. The highest BCUT2D eigenvalue weighted by atomic mass is 16.5. The molecule has 1 aliphatic rings. The summed E-state index contributed by atoms with van der Waals surface area (Å²) in [4.78, 5) is 8.24. The van der Waals surface area contributed by atoms with Crippen LogP contribution in [0.2, 0.25) is 0 Å². The fourth-order valence-electron chi connectivity index (χ4n) is 2.46. The molecule has 2 atom stereocenters.